The molecule has 2 fully saturated rings. The molecular formula is C23H33N3O3. The van der Waals surface area contributed by atoms with Crippen molar-refractivity contribution in [3.05, 3.63) is 35.9 Å². The van der Waals surface area contributed by atoms with Crippen LogP contribution in [0.1, 0.15) is 65.4 Å². The topological polar surface area (TPSA) is 78.5 Å². The largest absolute Gasteiger partial charge is 0.352 e. The van der Waals surface area contributed by atoms with Crippen LogP contribution >= 0.6 is 0 Å². The molecule has 1 heterocycles. The van der Waals surface area contributed by atoms with Gasteiger partial charge in [0.15, 0.2) is 0 Å². The number of nitrogens with one attached hydrogen (secondary N) is 2. The summed E-state index contributed by atoms with van der Waals surface area (Å²) in [5, 5.41) is 5.86. The summed E-state index contributed by atoms with van der Waals surface area (Å²) in [6.07, 6.45) is 4.31. The van der Waals surface area contributed by atoms with Crippen molar-refractivity contribution >= 4 is 17.8 Å². The summed E-state index contributed by atoms with van der Waals surface area (Å²) in [7, 11) is 0. The van der Waals surface area contributed by atoms with Gasteiger partial charge >= 0.3 is 6.03 Å². The first-order chi connectivity index (χ1) is 13.7. The van der Waals surface area contributed by atoms with Crippen molar-refractivity contribution in [3.63, 3.8) is 0 Å². The smallest absolute Gasteiger partial charge is 0.325 e. The fourth-order valence-electron chi connectivity index (χ4n) is 4.93. The molecule has 1 aliphatic heterocycles. The highest BCUT2D eigenvalue weighted by atomic mass is 16.2. The molecule has 2 N–H and O–H groups in total. The van der Waals surface area contributed by atoms with Gasteiger partial charge in [0.1, 0.15) is 12.1 Å². The van der Waals surface area contributed by atoms with Crippen LogP contribution in [-0.2, 0) is 15.0 Å². The van der Waals surface area contributed by atoms with E-state index < -0.39 is 11.6 Å². The van der Waals surface area contributed by atoms with Crippen molar-refractivity contribution in [2.45, 2.75) is 76.8 Å². The number of carbonyl (C=O) groups excluding carboxylic acids is 3. The molecule has 3 atom stereocenters. The first-order valence-electron chi connectivity index (χ1n) is 10.6. The summed E-state index contributed by atoms with van der Waals surface area (Å²) in [5.74, 6) is -0.459. The van der Waals surface area contributed by atoms with Crippen molar-refractivity contribution in [3.8, 4) is 0 Å². The van der Waals surface area contributed by atoms with Crippen LogP contribution in [-0.4, -0.2) is 40.9 Å². The van der Waals surface area contributed by atoms with Crippen LogP contribution in [0, 0.1) is 5.92 Å². The second kappa shape index (κ2) is 8.17. The second-order valence-electron chi connectivity index (χ2n) is 9.36. The maximum Gasteiger partial charge on any atom is 0.325 e. The molecule has 0 radical (unpaired) electrons. The maximum absolute atomic E-state index is 13.0. The Morgan fingerprint density at radius 1 is 1.28 bits per heavy atom. The van der Waals surface area contributed by atoms with Gasteiger partial charge < -0.3 is 10.6 Å². The molecule has 1 spiro atoms. The Morgan fingerprint density at radius 2 is 1.97 bits per heavy atom. The Bertz CT molecular complexity index is 777. The Labute approximate surface area is 173 Å². The summed E-state index contributed by atoms with van der Waals surface area (Å²) >= 11 is 0. The normalized spacial score (nSPS) is 25.8. The summed E-state index contributed by atoms with van der Waals surface area (Å²) < 4.78 is 0. The molecule has 4 amide bonds. The third-order valence-corrected chi connectivity index (χ3v) is 6.58. The van der Waals surface area contributed by atoms with E-state index in [0.29, 0.717) is 6.42 Å². The number of hydrogen-bond acceptors (Lipinski definition) is 3. The lowest BCUT2D eigenvalue weighted by molar-refractivity contribution is -0.137. The van der Waals surface area contributed by atoms with Crippen molar-refractivity contribution in [2.24, 2.45) is 5.92 Å². The third kappa shape index (κ3) is 4.31. The lowest BCUT2D eigenvalue weighted by Gasteiger charge is -2.36. The molecule has 1 saturated carbocycles. The van der Waals surface area contributed by atoms with E-state index in [-0.39, 0.29) is 35.7 Å². The maximum atomic E-state index is 13.0. The molecular weight excluding hydrogens is 366 g/mol. The van der Waals surface area contributed by atoms with E-state index in [1.165, 1.54) is 5.56 Å². The number of benzene rings is 1. The Balaban J connectivity index is 1.59. The Morgan fingerprint density at radius 3 is 2.62 bits per heavy atom. The fraction of sp³-hybridized carbons (Fsp3) is 0.609. The molecule has 158 valence electrons. The van der Waals surface area contributed by atoms with E-state index in [1.807, 2.05) is 32.0 Å². The monoisotopic (exact) mass is 399 g/mol. The highest BCUT2D eigenvalue weighted by Gasteiger charge is 2.55. The molecule has 0 aromatic heterocycles. The van der Waals surface area contributed by atoms with Gasteiger partial charge in [-0.1, -0.05) is 63.9 Å². The number of amides is 4. The minimum absolute atomic E-state index is 0.0824. The van der Waals surface area contributed by atoms with Crippen molar-refractivity contribution in [1.29, 1.82) is 0 Å². The van der Waals surface area contributed by atoms with Crippen LogP contribution in [0.5, 0.6) is 0 Å². The molecule has 6 heteroatoms. The zero-order chi connectivity index (χ0) is 21.2. The zero-order valence-corrected chi connectivity index (χ0v) is 18.0. The second-order valence-corrected chi connectivity index (χ2v) is 9.36. The lowest BCUT2D eigenvalue weighted by atomic mass is 9.73. The van der Waals surface area contributed by atoms with Gasteiger partial charge in [0.2, 0.25) is 5.91 Å². The molecule has 6 nitrogen and oxygen atoms in total. The number of rotatable bonds is 6. The SMILES string of the molecule is CC(CC(C)(C)c1ccccc1)NC(=O)CN1C(=O)NC2(CCCCC2C)C1=O. The van der Waals surface area contributed by atoms with Gasteiger partial charge in [-0.3, -0.25) is 14.5 Å². The van der Waals surface area contributed by atoms with Gasteiger partial charge in [0.05, 0.1) is 0 Å². The molecule has 2 aliphatic rings. The molecule has 3 unspecified atom stereocenters. The van der Waals surface area contributed by atoms with E-state index in [0.717, 1.165) is 30.6 Å². The molecule has 1 aliphatic carbocycles. The quantitative estimate of drug-likeness (QED) is 0.720. The van der Waals surface area contributed by atoms with E-state index in [9.17, 15) is 14.4 Å². The van der Waals surface area contributed by atoms with Crippen LogP contribution in [0.25, 0.3) is 0 Å². The molecule has 29 heavy (non-hydrogen) atoms. The van der Waals surface area contributed by atoms with Crippen LogP contribution in [0.4, 0.5) is 4.79 Å². The van der Waals surface area contributed by atoms with E-state index >= 15 is 0 Å². The summed E-state index contributed by atoms with van der Waals surface area (Å²) in [4.78, 5) is 39.1. The number of nitrogens with zero attached hydrogens (tertiary/aromatic N) is 1. The lowest BCUT2D eigenvalue weighted by Crippen LogP contribution is -2.54. The van der Waals surface area contributed by atoms with E-state index in [1.54, 1.807) is 0 Å². The van der Waals surface area contributed by atoms with Crippen LogP contribution in [0.2, 0.25) is 0 Å². The molecule has 1 aromatic rings. The van der Waals surface area contributed by atoms with Gasteiger partial charge in [-0.05, 0) is 43.1 Å². The number of carbonyl (C=O) groups is 3. The average Bonchev–Trinajstić information content (AvgIpc) is 2.89. The average molecular weight is 400 g/mol. The molecule has 1 saturated heterocycles. The number of hydrogen-bond donors (Lipinski definition) is 2. The van der Waals surface area contributed by atoms with Crippen LogP contribution in [0.3, 0.4) is 0 Å². The van der Waals surface area contributed by atoms with Gasteiger partial charge in [-0.25, -0.2) is 4.79 Å². The highest BCUT2D eigenvalue weighted by molar-refractivity contribution is 6.09. The van der Waals surface area contributed by atoms with Gasteiger partial charge in [0.25, 0.3) is 5.91 Å². The molecule has 0 bridgehead atoms. The van der Waals surface area contributed by atoms with Crippen molar-refractivity contribution in [1.82, 2.24) is 15.5 Å². The molecule has 3 rings (SSSR count). The highest BCUT2D eigenvalue weighted by Crippen LogP contribution is 2.38. The molecule has 1 aromatic carbocycles. The minimum Gasteiger partial charge on any atom is -0.352 e. The third-order valence-electron chi connectivity index (χ3n) is 6.58. The predicted molar refractivity (Wildman–Crippen MR) is 112 cm³/mol. The number of imide groups is 1. The number of urea groups is 1. The van der Waals surface area contributed by atoms with Crippen LogP contribution < -0.4 is 10.6 Å². The van der Waals surface area contributed by atoms with E-state index in [4.69, 9.17) is 0 Å². The Hall–Kier alpha value is -2.37. The standard InChI is InChI=1S/C23H33N3O3/c1-16-10-8-9-13-23(16)20(28)26(21(29)25-23)15-19(27)24-17(2)14-22(3,4)18-11-6-5-7-12-18/h5-7,11-12,16-17H,8-10,13-15H2,1-4H3,(H,24,27)(H,25,29). The zero-order valence-electron chi connectivity index (χ0n) is 18.0. The van der Waals surface area contributed by atoms with Crippen molar-refractivity contribution < 1.29 is 14.4 Å². The summed E-state index contributed by atoms with van der Waals surface area (Å²) in [5.41, 5.74) is 0.288. The summed E-state index contributed by atoms with van der Waals surface area (Å²) in [6.45, 7) is 8.04. The van der Waals surface area contributed by atoms with Gasteiger partial charge in [0, 0.05) is 6.04 Å². The summed E-state index contributed by atoms with van der Waals surface area (Å²) in [6, 6.07) is 9.67. The van der Waals surface area contributed by atoms with Crippen LogP contribution in [0.15, 0.2) is 30.3 Å². The predicted octanol–water partition coefficient (Wildman–Crippen LogP) is 3.36. The van der Waals surface area contributed by atoms with Crippen molar-refractivity contribution in [2.75, 3.05) is 6.54 Å². The minimum atomic E-state index is -0.823. The van der Waals surface area contributed by atoms with E-state index in [2.05, 4.69) is 36.6 Å². The Kier molecular flexibility index (Phi) is 6.01. The first kappa shape index (κ1) is 21.3. The van der Waals surface area contributed by atoms with Gasteiger partial charge in [-0.2, -0.15) is 0 Å². The first-order valence-corrected chi connectivity index (χ1v) is 10.6. The van der Waals surface area contributed by atoms with Gasteiger partial charge in [-0.15, -0.1) is 0 Å². The fourth-order valence-corrected chi connectivity index (χ4v) is 4.93.